The van der Waals surface area contributed by atoms with Crippen molar-refractivity contribution in [3.05, 3.63) is 29.8 Å². The number of carbonyl (C=O) groups excluding carboxylic acids is 2. The van der Waals surface area contributed by atoms with E-state index in [1.54, 1.807) is 0 Å². The molecule has 1 rings (SSSR count). The summed E-state index contributed by atoms with van der Waals surface area (Å²) in [7, 11) is 0. The largest absolute Gasteiger partial charge is 0.492 e. The van der Waals surface area contributed by atoms with Gasteiger partial charge < -0.3 is 21.5 Å². The molecular formula is C13H20ClN3O3. The van der Waals surface area contributed by atoms with Crippen molar-refractivity contribution in [1.29, 1.82) is 0 Å². The molecule has 0 fully saturated rings. The summed E-state index contributed by atoms with van der Waals surface area (Å²) in [6.07, 6.45) is -0.162. The van der Waals surface area contributed by atoms with Crippen LogP contribution in [0.2, 0.25) is 0 Å². The Hall–Kier alpha value is -1.79. The van der Waals surface area contributed by atoms with Crippen LogP contribution in [0.1, 0.15) is 12.0 Å². The van der Waals surface area contributed by atoms with Crippen LogP contribution < -0.4 is 21.5 Å². The van der Waals surface area contributed by atoms with Crippen LogP contribution in [0.4, 0.5) is 0 Å². The summed E-state index contributed by atoms with van der Waals surface area (Å²) in [5, 5.41) is 2.58. The molecule has 0 radical (unpaired) electrons. The summed E-state index contributed by atoms with van der Waals surface area (Å²) in [4.78, 5) is 22.0. The van der Waals surface area contributed by atoms with Crippen LogP contribution in [0.15, 0.2) is 24.3 Å². The molecule has 2 amide bonds. The van der Waals surface area contributed by atoms with Crippen molar-refractivity contribution in [3.63, 3.8) is 0 Å². The van der Waals surface area contributed by atoms with E-state index in [4.69, 9.17) is 16.2 Å². The molecule has 0 aromatic heterocycles. The molecule has 1 aromatic carbocycles. The highest BCUT2D eigenvalue weighted by molar-refractivity contribution is 5.87. The number of amides is 2. The molecule has 7 heteroatoms. The highest BCUT2D eigenvalue weighted by Crippen LogP contribution is 2.11. The van der Waals surface area contributed by atoms with E-state index in [1.807, 2.05) is 31.2 Å². The highest BCUT2D eigenvalue weighted by Gasteiger charge is 2.14. The Morgan fingerprint density at radius 1 is 1.40 bits per heavy atom. The minimum Gasteiger partial charge on any atom is -0.492 e. The zero-order valence-corrected chi connectivity index (χ0v) is 12.1. The number of aryl methyl sites for hydroxylation is 1. The molecule has 0 bridgehead atoms. The van der Waals surface area contributed by atoms with E-state index in [-0.39, 0.29) is 18.8 Å². The molecule has 0 spiro atoms. The van der Waals surface area contributed by atoms with Crippen LogP contribution in [0.25, 0.3) is 0 Å². The summed E-state index contributed by atoms with van der Waals surface area (Å²) in [6.45, 7) is 2.62. The molecule has 5 N–H and O–H groups in total. The van der Waals surface area contributed by atoms with Crippen LogP contribution in [0, 0.1) is 6.92 Å². The molecular weight excluding hydrogens is 282 g/mol. The lowest BCUT2D eigenvalue weighted by atomic mass is 10.2. The van der Waals surface area contributed by atoms with Gasteiger partial charge in [0, 0.05) is 0 Å². The average molecular weight is 302 g/mol. The van der Waals surface area contributed by atoms with Gasteiger partial charge in [-0.1, -0.05) is 12.1 Å². The van der Waals surface area contributed by atoms with Crippen LogP contribution in [0.5, 0.6) is 5.75 Å². The van der Waals surface area contributed by atoms with Gasteiger partial charge in [0.2, 0.25) is 11.8 Å². The number of hydrogen-bond donors (Lipinski definition) is 3. The van der Waals surface area contributed by atoms with Crippen LogP contribution in [-0.4, -0.2) is 31.0 Å². The lowest BCUT2D eigenvalue weighted by molar-refractivity contribution is -0.126. The van der Waals surface area contributed by atoms with E-state index in [0.717, 1.165) is 11.3 Å². The van der Waals surface area contributed by atoms with Crippen molar-refractivity contribution in [2.24, 2.45) is 11.5 Å². The average Bonchev–Trinajstić information content (AvgIpc) is 2.33. The monoisotopic (exact) mass is 301 g/mol. The molecule has 6 nitrogen and oxygen atoms in total. The van der Waals surface area contributed by atoms with Gasteiger partial charge in [0.1, 0.15) is 12.4 Å². The highest BCUT2D eigenvalue weighted by atomic mass is 35.5. The molecule has 0 aliphatic heterocycles. The van der Waals surface area contributed by atoms with Crippen LogP contribution in [-0.2, 0) is 9.59 Å². The van der Waals surface area contributed by atoms with Crippen molar-refractivity contribution in [3.8, 4) is 5.75 Å². The number of halogens is 1. The summed E-state index contributed by atoms with van der Waals surface area (Å²) >= 11 is 0. The Kier molecular flexibility index (Phi) is 8.35. The Balaban J connectivity index is 0.00000361. The third-order valence-corrected chi connectivity index (χ3v) is 2.42. The maximum atomic E-state index is 11.4. The summed E-state index contributed by atoms with van der Waals surface area (Å²) in [5.74, 6) is -0.263. The van der Waals surface area contributed by atoms with Gasteiger partial charge in [0.05, 0.1) is 19.0 Å². The molecule has 20 heavy (non-hydrogen) atoms. The standard InChI is InChI=1S/C13H19N3O3.ClH/c1-9-3-2-4-10(7-9)19-6-5-16-13(18)11(14)8-12(15)17;/h2-4,7,11H,5-6,8,14H2,1H3,(H2,15,17)(H,16,18);1H. The van der Waals surface area contributed by atoms with Crippen LogP contribution >= 0.6 is 12.4 Å². The van der Waals surface area contributed by atoms with Gasteiger partial charge in [-0.25, -0.2) is 0 Å². The summed E-state index contributed by atoms with van der Waals surface area (Å²) in [5.41, 5.74) is 11.5. The zero-order chi connectivity index (χ0) is 14.3. The molecule has 0 aliphatic rings. The second-order valence-corrected chi connectivity index (χ2v) is 4.23. The van der Waals surface area contributed by atoms with E-state index in [2.05, 4.69) is 5.32 Å². The lowest BCUT2D eigenvalue weighted by Crippen LogP contribution is -2.44. The first-order chi connectivity index (χ1) is 8.99. The minimum absolute atomic E-state index is 0. The van der Waals surface area contributed by atoms with Gasteiger partial charge in [-0.05, 0) is 24.6 Å². The molecule has 0 saturated carbocycles. The third-order valence-electron chi connectivity index (χ3n) is 2.42. The quantitative estimate of drug-likeness (QED) is 0.621. The van der Waals surface area contributed by atoms with Gasteiger partial charge in [0.15, 0.2) is 0 Å². The van der Waals surface area contributed by atoms with E-state index in [0.29, 0.717) is 13.2 Å². The number of carbonyl (C=O) groups is 2. The Morgan fingerprint density at radius 3 is 2.70 bits per heavy atom. The van der Waals surface area contributed by atoms with E-state index < -0.39 is 17.9 Å². The predicted octanol–water partition coefficient (Wildman–Crippen LogP) is 0.115. The molecule has 1 aromatic rings. The molecule has 0 aliphatic carbocycles. The fourth-order valence-corrected chi connectivity index (χ4v) is 1.49. The normalized spacial score (nSPS) is 11.1. The second kappa shape index (κ2) is 9.17. The van der Waals surface area contributed by atoms with Crippen LogP contribution in [0.3, 0.4) is 0 Å². The molecule has 0 heterocycles. The van der Waals surface area contributed by atoms with E-state index in [9.17, 15) is 9.59 Å². The van der Waals surface area contributed by atoms with E-state index >= 15 is 0 Å². The topological polar surface area (TPSA) is 107 Å². The number of rotatable bonds is 7. The van der Waals surface area contributed by atoms with Crippen molar-refractivity contribution < 1.29 is 14.3 Å². The Labute approximate surface area is 124 Å². The minimum atomic E-state index is -0.906. The third kappa shape index (κ3) is 6.96. The fraction of sp³-hybridized carbons (Fsp3) is 0.385. The molecule has 112 valence electrons. The van der Waals surface area contributed by atoms with E-state index in [1.165, 1.54) is 0 Å². The Bertz CT molecular complexity index is 454. The predicted molar refractivity (Wildman–Crippen MR) is 78.7 cm³/mol. The van der Waals surface area contributed by atoms with Gasteiger partial charge in [-0.15, -0.1) is 12.4 Å². The number of nitrogens with two attached hydrogens (primary N) is 2. The van der Waals surface area contributed by atoms with Crippen molar-refractivity contribution in [1.82, 2.24) is 5.32 Å². The summed E-state index contributed by atoms with van der Waals surface area (Å²) < 4.78 is 5.45. The van der Waals surface area contributed by atoms with Crippen molar-refractivity contribution >= 4 is 24.2 Å². The first-order valence-corrected chi connectivity index (χ1v) is 6.00. The number of ether oxygens (including phenoxy) is 1. The summed E-state index contributed by atoms with van der Waals surface area (Å²) in [6, 6.07) is 6.70. The number of nitrogens with one attached hydrogen (secondary N) is 1. The second-order valence-electron chi connectivity index (χ2n) is 4.23. The van der Waals surface area contributed by atoms with Gasteiger partial charge >= 0.3 is 0 Å². The Morgan fingerprint density at radius 2 is 2.10 bits per heavy atom. The first-order valence-electron chi connectivity index (χ1n) is 6.00. The zero-order valence-electron chi connectivity index (χ0n) is 11.3. The first kappa shape index (κ1) is 18.2. The number of primary amides is 1. The smallest absolute Gasteiger partial charge is 0.237 e. The SMILES string of the molecule is Cc1cccc(OCCNC(=O)C(N)CC(N)=O)c1.Cl. The molecule has 0 saturated heterocycles. The van der Waals surface area contributed by atoms with Crippen molar-refractivity contribution in [2.45, 2.75) is 19.4 Å². The number of benzene rings is 1. The lowest BCUT2D eigenvalue weighted by Gasteiger charge is -2.11. The van der Waals surface area contributed by atoms with Gasteiger partial charge in [-0.2, -0.15) is 0 Å². The molecule has 1 atom stereocenters. The molecule has 1 unspecified atom stereocenters. The maximum absolute atomic E-state index is 11.4. The maximum Gasteiger partial charge on any atom is 0.237 e. The number of hydrogen-bond acceptors (Lipinski definition) is 4. The van der Waals surface area contributed by atoms with Gasteiger partial charge in [0.25, 0.3) is 0 Å². The van der Waals surface area contributed by atoms with Gasteiger partial charge in [-0.3, -0.25) is 9.59 Å². The van der Waals surface area contributed by atoms with Crippen molar-refractivity contribution in [2.75, 3.05) is 13.2 Å². The fourth-order valence-electron chi connectivity index (χ4n) is 1.49.